The van der Waals surface area contributed by atoms with Gasteiger partial charge >= 0.3 is 0 Å². The maximum atomic E-state index is 14.3. The van der Waals surface area contributed by atoms with E-state index >= 15 is 0 Å². The Morgan fingerprint density at radius 1 is 0.654 bits per heavy atom. The summed E-state index contributed by atoms with van der Waals surface area (Å²) in [5, 5.41) is 0. The third-order valence-corrected chi connectivity index (χ3v) is 4.99. The molecule has 3 aromatic rings. The molecule has 0 heterocycles. The quantitative estimate of drug-likeness (QED) is 0.390. The highest BCUT2D eigenvalue weighted by Gasteiger charge is 2.06. The van der Waals surface area contributed by atoms with Crippen LogP contribution in [0.3, 0.4) is 0 Å². The third kappa shape index (κ3) is 4.40. The average Bonchev–Trinajstić information content (AvgIpc) is 2.69. The van der Waals surface area contributed by atoms with Crippen molar-refractivity contribution in [2.75, 3.05) is 0 Å². The molecule has 0 aliphatic carbocycles. The van der Waals surface area contributed by atoms with Gasteiger partial charge in [-0.05, 0) is 53.1 Å². The number of rotatable bonds is 7. The van der Waals surface area contributed by atoms with E-state index in [0.29, 0.717) is 5.56 Å². The first-order valence-corrected chi connectivity index (χ1v) is 9.69. The Morgan fingerprint density at radius 3 is 1.81 bits per heavy atom. The summed E-state index contributed by atoms with van der Waals surface area (Å²) in [5.41, 5.74) is 6.39. The summed E-state index contributed by atoms with van der Waals surface area (Å²) >= 11 is 0. The molecule has 0 spiro atoms. The van der Waals surface area contributed by atoms with Crippen molar-refractivity contribution in [3.63, 3.8) is 0 Å². The highest BCUT2D eigenvalue weighted by molar-refractivity contribution is 5.71. The molecule has 0 aliphatic heterocycles. The highest BCUT2D eigenvalue weighted by Crippen LogP contribution is 2.27. The van der Waals surface area contributed by atoms with Gasteiger partial charge in [0.25, 0.3) is 0 Å². The van der Waals surface area contributed by atoms with Crippen LogP contribution in [-0.4, -0.2) is 0 Å². The minimum absolute atomic E-state index is 0.145. The molecule has 26 heavy (non-hydrogen) atoms. The summed E-state index contributed by atoms with van der Waals surface area (Å²) in [6, 6.07) is 22.5. The smallest absolute Gasteiger partial charge is 0.131 e. The second-order valence-electron chi connectivity index (χ2n) is 6.90. The zero-order chi connectivity index (χ0) is 18.4. The summed E-state index contributed by atoms with van der Waals surface area (Å²) in [4.78, 5) is 0. The Kier molecular flexibility index (Phi) is 6.22. The van der Waals surface area contributed by atoms with Crippen LogP contribution in [-0.2, 0) is 12.8 Å². The van der Waals surface area contributed by atoms with Crippen LogP contribution < -0.4 is 0 Å². The van der Waals surface area contributed by atoms with Crippen molar-refractivity contribution in [2.45, 2.75) is 46.0 Å². The van der Waals surface area contributed by atoms with E-state index in [4.69, 9.17) is 0 Å². The van der Waals surface area contributed by atoms with Gasteiger partial charge in [0.1, 0.15) is 5.82 Å². The predicted octanol–water partition coefficient (Wildman–Crippen LogP) is 7.45. The molecular weight excluding hydrogens is 319 g/mol. The standard InChI is InChI=1S/C25H27F/c1-3-5-6-7-20-8-11-21(12-9-20)22-13-15-23(16-14-22)24-17-10-19(4-2)18-25(24)26/h8-18H,3-7H2,1-2H3. The van der Waals surface area contributed by atoms with Crippen LogP contribution in [0.2, 0.25) is 0 Å². The van der Waals surface area contributed by atoms with Crippen molar-refractivity contribution in [3.05, 3.63) is 83.7 Å². The van der Waals surface area contributed by atoms with Crippen LogP contribution in [0.4, 0.5) is 4.39 Å². The van der Waals surface area contributed by atoms with Gasteiger partial charge in [0, 0.05) is 5.56 Å². The van der Waals surface area contributed by atoms with Gasteiger partial charge in [-0.15, -0.1) is 0 Å². The van der Waals surface area contributed by atoms with E-state index < -0.39 is 0 Å². The van der Waals surface area contributed by atoms with Crippen LogP contribution in [0.15, 0.2) is 66.7 Å². The Hall–Kier alpha value is -2.41. The summed E-state index contributed by atoms with van der Waals surface area (Å²) < 4.78 is 14.3. The van der Waals surface area contributed by atoms with Gasteiger partial charge in [-0.2, -0.15) is 0 Å². The van der Waals surface area contributed by atoms with Crippen molar-refractivity contribution >= 4 is 0 Å². The molecule has 0 N–H and O–H groups in total. The molecule has 0 bridgehead atoms. The molecule has 0 saturated carbocycles. The van der Waals surface area contributed by atoms with Gasteiger partial charge in [0.05, 0.1) is 0 Å². The van der Waals surface area contributed by atoms with E-state index in [1.807, 2.05) is 31.2 Å². The van der Waals surface area contributed by atoms with Crippen LogP contribution >= 0.6 is 0 Å². The normalized spacial score (nSPS) is 10.9. The lowest BCUT2D eigenvalue weighted by atomic mass is 9.97. The Labute approximate surface area is 156 Å². The fourth-order valence-corrected chi connectivity index (χ4v) is 3.30. The molecule has 1 heteroatoms. The Bertz CT molecular complexity index is 829. The molecule has 0 saturated heterocycles. The van der Waals surface area contributed by atoms with E-state index in [9.17, 15) is 4.39 Å². The van der Waals surface area contributed by atoms with E-state index in [2.05, 4.69) is 43.3 Å². The molecule has 0 radical (unpaired) electrons. The summed E-state index contributed by atoms with van der Waals surface area (Å²) in [6.07, 6.45) is 5.81. The molecular formula is C25H27F. The molecule has 3 aromatic carbocycles. The van der Waals surface area contributed by atoms with E-state index in [1.165, 1.54) is 36.0 Å². The highest BCUT2D eigenvalue weighted by atomic mass is 19.1. The first kappa shape index (κ1) is 18.4. The van der Waals surface area contributed by atoms with Crippen molar-refractivity contribution in [1.29, 1.82) is 0 Å². The number of hydrogen-bond donors (Lipinski definition) is 0. The average molecular weight is 346 g/mol. The zero-order valence-electron chi connectivity index (χ0n) is 15.8. The van der Waals surface area contributed by atoms with E-state index in [0.717, 1.165) is 24.0 Å². The SMILES string of the molecule is CCCCCc1ccc(-c2ccc(-c3ccc(CC)cc3F)cc2)cc1. The van der Waals surface area contributed by atoms with Gasteiger partial charge in [-0.3, -0.25) is 0 Å². The third-order valence-electron chi connectivity index (χ3n) is 4.99. The van der Waals surface area contributed by atoms with Gasteiger partial charge in [-0.25, -0.2) is 4.39 Å². The van der Waals surface area contributed by atoms with Crippen molar-refractivity contribution in [2.24, 2.45) is 0 Å². The van der Waals surface area contributed by atoms with Crippen LogP contribution in [0.5, 0.6) is 0 Å². The molecule has 0 fully saturated rings. The van der Waals surface area contributed by atoms with Crippen LogP contribution in [0.25, 0.3) is 22.3 Å². The monoisotopic (exact) mass is 346 g/mol. The number of benzene rings is 3. The van der Waals surface area contributed by atoms with E-state index in [1.54, 1.807) is 6.07 Å². The van der Waals surface area contributed by atoms with Crippen LogP contribution in [0.1, 0.15) is 44.2 Å². The van der Waals surface area contributed by atoms with Gasteiger partial charge < -0.3 is 0 Å². The summed E-state index contributed by atoms with van der Waals surface area (Å²) in [5.74, 6) is -0.145. The van der Waals surface area contributed by atoms with Gasteiger partial charge in [-0.1, -0.05) is 87.4 Å². The molecule has 3 rings (SSSR count). The largest absolute Gasteiger partial charge is 0.206 e. The lowest BCUT2D eigenvalue weighted by Crippen LogP contribution is -1.89. The number of aryl methyl sites for hydroxylation is 2. The fourth-order valence-electron chi connectivity index (χ4n) is 3.30. The predicted molar refractivity (Wildman–Crippen MR) is 110 cm³/mol. The molecule has 0 atom stereocenters. The number of hydrogen-bond acceptors (Lipinski definition) is 0. The fraction of sp³-hybridized carbons (Fsp3) is 0.280. The molecule has 0 nitrogen and oxygen atoms in total. The Morgan fingerprint density at radius 2 is 1.23 bits per heavy atom. The summed E-state index contributed by atoms with van der Waals surface area (Å²) in [7, 11) is 0. The molecule has 0 amide bonds. The number of unbranched alkanes of at least 4 members (excludes halogenated alkanes) is 2. The van der Waals surface area contributed by atoms with Crippen LogP contribution in [0, 0.1) is 5.82 Å². The topological polar surface area (TPSA) is 0 Å². The first-order valence-electron chi connectivity index (χ1n) is 9.69. The zero-order valence-corrected chi connectivity index (χ0v) is 15.8. The number of halogens is 1. The van der Waals surface area contributed by atoms with E-state index in [-0.39, 0.29) is 5.82 Å². The molecule has 0 aromatic heterocycles. The second-order valence-corrected chi connectivity index (χ2v) is 6.90. The maximum Gasteiger partial charge on any atom is 0.131 e. The van der Waals surface area contributed by atoms with Gasteiger partial charge in [0.2, 0.25) is 0 Å². The van der Waals surface area contributed by atoms with Crippen molar-refractivity contribution in [1.82, 2.24) is 0 Å². The molecule has 0 unspecified atom stereocenters. The van der Waals surface area contributed by atoms with Crippen molar-refractivity contribution < 1.29 is 4.39 Å². The lowest BCUT2D eigenvalue weighted by molar-refractivity contribution is 0.629. The van der Waals surface area contributed by atoms with Crippen molar-refractivity contribution in [3.8, 4) is 22.3 Å². The second kappa shape index (κ2) is 8.80. The molecule has 0 aliphatic rings. The Balaban J connectivity index is 1.75. The minimum Gasteiger partial charge on any atom is -0.206 e. The summed E-state index contributed by atoms with van der Waals surface area (Å²) in [6.45, 7) is 4.27. The first-order chi connectivity index (χ1) is 12.7. The van der Waals surface area contributed by atoms with Gasteiger partial charge in [0.15, 0.2) is 0 Å². The maximum absolute atomic E-state index is 14.3. The lowest BCUT2D eigenvalue weighted by Gasteiger charge is -2.08. The minimum atomic E-state index is -0.145. The molecule has 134 valence electrons.